The maximum absolute atomic E-state index is 5.83. The van der Waals surface area contributed by atoms with Crippen molar-refractivity contribution in [3.05, 3.63) is 58.1 Å². The Kier molecular flexibility index (Phi) is 5.01. The first-order chi connectivity index (χ1) is 9.74. The number of hydrogen-bond donors (Lipinski definition) is 1. The molecule has 2 rings (SSSR count). The van der Waals surface area contributed by atoms with Crippen molar-refractivity contribution >= 4 is 22.1 Å². The van der Waals surface area contributed by atoms with Crippen LogP contribution in [-0.4, -0.2) is 13.3 Å². The SMILES string of the molecule is COc1cc(C=NN)cc(Br)c1OCc1ccccc1. The standard InChI is InChI=1S/C15H15BrN2O2/c1-19-14-8-12(9-18-17)7-13(16)15(14)20-10-11-5-3-2-4-6-11/h2-9H,10,17H2,1H3. The van der Waals surface area contributed by atoms with Crippen molar-refractivity contribution in [2.75, 3.05) is 7.11 Å². The Balaban J connectivity index is 2.22. The van der Waals surface area contributed by atoms with Crippen LogP contribution in [0.1, 0.15) is 11.1 Å². The highest BCUT2D eigenvalue weighted by Gasteiger charge is 2.11. The Labute approximate surface area is 126 Å². The molecule has 0 heterocycles. The van der Waals surface area contributed by atoms with Crippen LogP contribution < -0.4 is 15.3 Å². The van der Waals surface area contributed by atoms with Crippen LogP contribution in [0, 0.1) is 0 Å². The van der Waals surface area contributed by atoms with E-state index in [9.17, 15) is 0 Å². The molecule has 20 heavy (non-hydrogen) atoms. The Morgan fingerprint density at radius 2 is 2.00 bits per heavy atom. The van der Waals surface area contributed by atoms with Gasteiger partial charge < -0.3 is 15.3 Å². The normalized spacial score (nSPS) is 10.7. The molecule has 0 amide bonds. The van der Waals surface area contributed by atoms with Crippen molar-refractivity contribution in [2.24, 2.45) is 10.9 Å². The molecule has 0 aliphatic carbocycles. The van der Waals surface area contributed by atoms with Crippen LogP contribution in [0.15, 0.2) is 52.0 Å². The largest absolute Gasteiger partial charge is 0.493 e. The molecule has 0 fully saturated rings. The van der Waals surface area contributed by atoms with E-state index < -0.39 is 0 Å². The average Bonchev–Trinajstić information content (AvgIpc) is 2.47. The molecule has 0 spiro atoms. The van der Waals surface area contributed by atoms with Gasteiger partial charge in [-0.3, -0.25) is 0 Å². The molecule has 0 bridgehead atoms. The lowest BCUT2D eigenvalue weighted by atomic mass is 10.2. The van der Waals surface area contributed by atoms with Crippen LogP contribution in [0.2, 0.25) is 0 Å². The van der Waals surface area contributed by atoms with E-state index in [0.29, 0.717) is 18.1 Å². The Morgan fingerprint density at radius 1 is 1.25 bits per heavy atom. The highest BCUT2D eigenvalue weighted by molar-refractivity contribution is 9.10. The summed E-state index contributed by atoms with van der Waals surface area (Å²) in [4.78, 5) is 0. The third-order valence-corrected chi connectivity index (χ3v) is 3.29. The lowest BCUT2D eigenvalue weighted by Gasteiger charge is -2.13. The second-order valence-corrected chi connectivity index (χ2v) is 4.94. The molecule has 2 aromatic carbocycles. The van der Waals surface area contributed by atoms with Crippen LogP contribution in [0.25, 0.3) is 0 Å². The Morgan fingerprint density at radius 3 is 2.65 bits per heavy atom. The van der Waals surface area contributed by atoms with Gasteiger partial charge in [0.05, 0.1) is 17.8 Å². The fourth-order valence-electron chi connectivity index (χ4n) is 1.77. The molecule has 0 aromatic heterocycles. The number of ether oxygens (including phenoxy) is 2. The number of halogens is 1. The van der Waals surface area contributed by atoms with Gasteiger partial charge in [0.15, 0.2) is 11.5 Å². The van der Waals surface area contributed by atoms with Crippen LogP contribution in [0.5, 0.6) is 11.5 Å². The van der Waals surface area contributed by atoms with Gasteiger partial charge in [-0.05, 0) is 39.2 Å². The second-order valence-electron chi connectivity index (χ2n) is 4.09. The van der Waals surface area contributed by atoms with Crippen LogP contribution in [0.4, 0.5) is 0 Å². The first-order valence-corrected chi connectivity index (χ1v) is 6.81. The zero-order valence-corrected chi connectivity index (χ0v) is 12.6. The minimum absolute atomic E-state index is 0.472. The highest BCUT2D eigenvalue weighted by atomic mass is 79.9. The van der Waals surface area contributed by atoms with Crippen molar-refractivity contribution < 1.29 is 9.47 Å². The summed E-state index contributed by atoms with van der Waals surface area (Å²) in [7, 11) is 1.60. The first-order valence-electron chi connectivity index (χ1n) is 6.02. The van der Waals surface area contributed by atoms with E-state index in [1.54, 1.807) is 13.3 Å². The number of methoxy groups -OCH3 is 1. The first kappa shape index (κ1) is 14.4. The number of rotatable bonds is 5. The molecule has 0 aliphatic rings. The van der Waals surface area contributed by atoms with Crippen molar-refractivity contribution in [3.8, 4) is 11.5 Å². The minimum Gasteiger partial charge on any atom is -0.493 e. The smallest absolute Gasteiger partial charge is 0.175 e. The Bertz CT molecular complexity index is 600. The quantitative estimate of drug-likeness (QED) is 0.518. The third-order valence-electron chi connectivity index (χ3n) is 2.70. The van der Waals surface area contributed by atoms with Crippen molar-refractivity contribution in [3.63, 3.8) is 0 Å². The molecular formula is C15H15BrN2O2. The molecule has 0 aliphatic heterocycles. The van der Waals surface area contributed by atoms with Gasteiger partial charge >= 0.3 is 0 Å². The summed E-state index contributed by atoms with van der Waals surface area (Å²) in [6, 6.07) is 13.6. The molecular weight excluding hydrogens is 320 g/mol. The molecule has 104 valence electrons. The number of benzene rings is 2. The fourth-order valence-corrected chi connectivity index (χ4v) is 2.34. The minimum atomic E-state index is 0.472. The third kappa shape index (κ3) is 3.51. The van der Waals surface area contributed by atoms with E-state index in [-0.39, 0.29) is 0 Å². The predicted molar refractivity (Wildman–Crippen MR) is 83.2 cm³/mol. The van der Waals surface area contributed by atoms with Gasteiger partial charge in [-0.25, -0.2) is 0 Å². The summed E-state index contributed by atoms with van der Waals surface area (Å²) in [5.74, 6) is 6.44. The van der Waals surface area contributed by atoms with Gasteiger partial charge in [0, 0.05) is 0 Å². The molecule has 4 nitrogen and oxygen atoms in total. The highest BCUT2D eigenvalue weighted by Crippen LogP contribution is 2.36. The van der Waals surface area contributed by atoms with E-state index in [1.165, 1.54) is 0 Å². The van der Waals surface area contributed by atoms with Crippen molar-refractivity contribution in [2.45, 2.75) is 6.61 Å². The number of hydrazone groups is 1. The van der Waals surface area contributed by atoms with E-state index >= 15 is 0 Å². The molecule has 0 saturated carbocycles. The van der Waals surface area contributed by atoms with Crippen molar-refractivity contribution in [1.29, 1.82) is 0 Å². The predicted octanol–water partition coefficient (Wildman–Crippen LogP) is 3.33. The van der Waals surface area contributed by atoms with Crippen LogP contribution in [0.3, 0.4) is 0 Å². The van der Waals surface area contributed by atoms with Gasteiger partial charge in [-0.15, -0.1) is 0 Å². The zero-order chi connectivity index (χ0) is 14.4. The van der Waals surface area contributed by atoms with Crippen molar-refractivity contribution in [1.82, 2.24) is 0 Å². The topological polar surface area (TPSA) is 56.8 Å². The summed E-state index contributed by atoms with van der Waals surface area (Å²) in [6.45, 7) is 0.472. The summed E-state index contributed by atoms with van der Waals surface area (Å²) in [6.07, 6.45) is 1.55. The van der Waals surface area contributed by atoms with Gasteiger partial charge in [-0.1, -0.05) is 30.3 Å². The van der Waals surface area contributed by atoms with Crippen LogP contribution >= 0.6 is 15.9 Å². The van der Waals surface area contributed by atoms with E-state index in [4.69, 9.17) is 15.3 Å². The number of nitrogens with zero attached hydrogens (tertiary/aromatic N) is 1. The average molecular weight is 335 g/mol. The second kappa shape index (κ2) is 6.96. The maximum Gasteiger partial charge on any atom is 0.175 e. The molecule has 2 N–H and O–H groups in total. The number of hydrogen-bond acceptors (Lipinski definition) is 4. The van der Waals surface area contributed by atoms with E-state index in [2.05, 4.69) is 21.0 Å². The van der Waals surface area contributed by atoms with Crippen LogP contribution in [-0.2, 0) is 6.61 Å². The fraction of sp³-hybridized carbons (Fsp3) is 0.133. The van der Waals surface area contributed by atoms with E-state index in [1.807, 2.05) is 42.5 Å². The molecule has 0 saturated heterocycles. The molecule has 2 aromatic rings. The zero-order valence-electron chi connectivity index (χ0n) is 11.0. The van der Waals surface area contributed by atoms with Gasteiger partial charge in [0.2, 0.25) is 0 Å². The van der Waals surface area contributed by atoms with E-state index in [0.717, 1.165) is 15.6 Å². The molecule has 0 radical (unpaired) electrons. The molecule has 5 heteroatoms. The van der Waals surface area contributed by atoms with Gasteiger partial charge in [-0.2, -0.15) is 5.10 Å². The maximum atomic E-state index is 5.83. The molecule has 0 atom stereocenters. The Hall–Kier alpha value is -2.01. The van der Waals surface area contributed by atoms with Gasteiger partial charge in [0.1, 0.15) is 6.61 Å². The summed E-state index contributed by atoms with van der Waals surface area (Å²) in [5, 5.41) is 3.50. The number of nitrogens with two attached hydrogens (primary N) is 1. The summed E-state index contributed by atoms with van der Waals surface area (Å²) >= 11 is 3.47. The monoisotopic (exact) mass is 334 g/mol. The molecule has 0 unspecified atom stereocenters. The lowest BCUT2D eigenvalue weighted by molar-refractivity contribution is 0.282. The van der Waals surface area contributed by atoms with Gasteiger partial charge in [0.25, 0.3) is 0 Å². The lowest BCUT2D eigenvalue weighted by Crippen LogP contribution is -1.99. The summed E-state index contributed by atoms with van der Waals surface area (Å²) in [5.41, 5.74) is 1.93. The summed E-state index contributed by atoms with van der Waals surface area (Å²) < 4.78 is 12.0.